The van der Waals surface area contributed by atoms with E-state index in [4.69, 9.17) is 10.8 Å². The minimum atomic E-state index is -0.120. The fourth-order valence-electron chi connectivity index (χ4n) is 2.02. The number of amides is 1. The van der Waals surface area contributed by atoms with Gasteiger partial charge in [0.25, 0.3) is 6.01 Å². The first-order chi connectivity index (χ1) is 12.1. The number of hydrogen-bond acceptors (Lipinski definition) is 5. The fraction of sp³-hybridized carbons (Fsp3) is 0.211. The molecule has 2 aromatic rings. The average molecular weight is 336 g/mol. The lowest BCUT2D eigenvalue weighted by Gasteiger charge is -2.09. The first-order valence-electron chi connectivity index (χ1n) is 7.77. The van der Waals surface area contributed by atoms with Crippen LogP contribution in [0.1, 0.15) is 18.2 Å². The number of nitrogens with zero attached hydrogens (tertiary/aromatic N) is 2. The van der Waals surface area contributed by atoms with E-state index < -0.39 is 0 Å². The molecule has 0 aliphatic rings. The second-order valence-electron chi connectivity index (χ2n) is 5.29. The molecule has 1 heterocycles. The molecular weight excluding hydrogens is 316 g/mol. The number of hydrogen-bond donors (Lipinski definition) is 2. The van der Waals surface area contributed by atoms with Crippen LogP contribution in [0.2, 0.25) is 0 Å². The number of carbonyl (C=O) groups is 1. The highest BCUT2D eigenvalue weighted by Gasteiger charge is 2.07. The largest absolute Gasteiger partial charge is 0.428 e. The van der Waals surface area contributed by atoms with Gasteiger partial charge < -0.3 is 15.1 Å². The van der Waals surface area contributed by atoms with Crippen LogP contribution in [0.3, 0.4) is 0 Å². The van der Waals surface area contributed by atoms with Gasteiger partial charge in [0.05, 0.1) is 12.7 Å². The van der Waals surface area contributed by atoms with Gasteiger partial charge in [0, 0.05) is 30.9 Å². The monoisotopic (exact) mass is 336 g/mol. The molecule has 2 rings (SSSR count). The van der Waals surface area contributed by atoms with Crippen molar-refractivity contribution in [1.29, 1.82) is 0 Å². The van der Waals surface area contributed by atoms with E-state index in [1.54, 1.807) is 12.4 Å². The summed E-state index contributed by atoms with van der Waals surface area (Å²) in [6, 6.07) is 5.99. The molecule has 0 saturated heterocycles. The van der Waals surface area contributed by atoms with Gasteiger partial charge in [-0.15, -0.1) is 6.42 Å². The smallest absolute Gasteiger partial charge is 0.299 e. The summed E-state index contributed by atoms with van der Waals surface area (Å²) in [5, 5.41) is 5.87. The highest BCUT2D eigenvalue weighted by atomic mass is 16.4. The molecule has 0 aliphatic carbocycles. The predicted molar refractivity (Wildman–Crippen MR) is 100 cm³/mol. The van der Waals surface area contributed by atoms with Crippen LogP contribution in [0.25, 0.3) is 0 Å². The number of oxazole rings is 1. The standard InChI is InChI=1S/C19H20N4O2/c1-4-10-20-11-6-5-7-17-13-21-19(25-17)23-18-12-16(22-15(3)24)9-8-14(18)2/h1,5-6,8-9,11-13H,7,10H2,2-3H3,(H,21,23)(H,22,24)/b6-5-,20-11?. The van der Waals surface area contributed by atoms with Crippen molar-refractivity contribution in [1.82, 2.24) is 4.98 Å². The van der Waals surface area contributed by atoms with Crippen LogP contribution in [0, 0.1) is 19.3 Å². The third-order valence-corrected chi connectivity index (χ3v) is 3.18. The van der Waals surface area contributed by atoms with Gasteiger partial charge in [-0.25, -0.2) is 4.98 Å². The van der Waals surface area contributed by atoms with E-state index in [0.29, 0.717) is 24.7 Å². The Kier molecular flexibility index (Phi) is 6.55. The number of terminal acetylenes is 1. The highest BCUT2D eigenvalue weighted by Crippen LogP contribution is 2.24. The van der Waals surface area contributed by atoms with Gasteiger partial charge in [0.2, 0.25) is 5.91 Å². The number of aromatic nitrogens is 1. The van der Waals surface area contributed by atoms with E-state index in [2.05, 4.69) is 26.5 Å². The van der Waals surface area contributed by atoms with Crippen LogP contribution in [0.5, 0.6) is 0 Å². The zero-order chi connectivity index (χ0) is 18.1. The molecule has 0 saturated carbocycles. The van der Waals surface area contributed by atoms with E-state index in [1.807, 2.05) is 37.3 Å². The highest BCUT2D eigenvalue weighted by molar-refractivity contribution is 5.89. The Bertz CT molecular complexity index is 828. The van der Waals surface area contributed by atoms with Crippen molar-refractivity contribution in [2.45, 2.75) is 20.3 Å². The molecule has 1 aromatic heterocycles. The minimum Gasteiger partial charge on any atom is -0.428 e. The number of allylic oxidation sites excluding steroid dienone is 2. The maximum Gasteiger partial charge on any atom is 0.299 e. The molecule has 0 spiro atoms. The molecule has 0 aliphatic heterocycles. The summed E-state index contributed by atoms with van der Waals surface area (Å²) in [5.74, 6) is 3.03. The second-order valence-corrected chi connectivity index (χ2v) is 5.29. The van der Waals surface area contributed by atoms with Crippen LogP contribution >= 0.6 is 0 Å². The molecule has 6 nitrogen and oxygen atoms in total. The van der Waals surface area contributed by atoms with Crippen molar-refractivity contribution in [3.8, 4) is 12.3 Å². The first-order valence-corrected chi connectivity index (χ1v) is 7.77. The Morgan fingerprint density at radius 2 is 2.32 bits per heavy atom. The van der Waals surface area contributed by atoms with Gasteiger partial charge in [-0.1, -0.05) is 18.1 Å². The Balaban J connectivity index is 1.99. The average Bonchev–Trinajstić information content (AvgIpc) is 3.01. The molecule has 2 N–H and O–H groups in total. The van der Waals surface area contributed by atoms with Crippen molar-refractivity contribution in [3.05, 3.63) is 47.9 Å². The zero-order valence-electron chi connectivity index (χ0n) is 14.2. The van der Waals surface area contributed by atoms with Crippen LogP contribution in [0.4, 0.5) is 17.4 Å². The van der Waals surface area contributed by atoms with Crippen molar-refractivity contribution >= 4 is 29.5 Å². The lowest BCUT2D eigenvalue weighted by atomic mass is 10.2. The normalized spacial score (nSPS) is 10.9. The molecular formula is C19H20N4O2. The quantitative estimate of drug-likeness (QED) is 0.599. The first kappa shape index (κ1) is 18.0. The summed E-state index contributed by atoms with van der Waals surface area (Å²) in [5.41, 5.74) is 2.54. The molecule has 0 unspecified atom stereocenters. The predicted octanol–water partition coefficient (Wildman–Crippen LogP) is 3.49. The molecule has 0 bridgehead atoms. The van der Waals surface area contributed by atoms with Crippen LogP contribution in [-0.2, 0) is 11.2 Å². The summed E-state index contributed by atoms with van der Waals surface area (Å²) in [6.45, 7) is 3.80. The number of rotatable bonds is 7. The number of nitrogens with one attached hydrogen (secondary N) is 2. The zero-order valence-corrected chi connectivity index (χ0v) is 14.2. The van der Waals surface area contributed by atoms with Crippen molar-refractivity contribution in [2.75, 3.05) is 17.2 Å². The van der Waals surface area contributed by atoms with Crippen molar-refractivity contribution in [3.63, 3.8) is 0 Å². The summed E-state index contributed by atoms with van der Waals surface area (Å²) in [7, 11) is 0. The molecule has 6 heteroatoms. The SMILES string of the molecule is C#CCN=C/C=C\Cc1cnc(Nc2cc(NC(C)=O)ccc2C)o1. The third kappa shape index (κ3) is 5.99. The maximum absolute atomic E-state index is 11.2. The summed E-state index contributed by atoms with van der Waals surface area (Å²) < 4.78 is 5.65. The summed E-state index contributed by atoms with van der Waals surface area (Å²) >= 11 is 0. The van der Waals surface area contributed by atoms with Crippen molar-refractivity contribution < 1.29 is 9.21 Å². The molecule has 1 aromatic carbocycles. The fourth-order valence-corrected chi connectivity index (χ4v) is 2.02. The molecule has 0 fully saturated rings. The minimum absolute atomic E-state index is 0.120. The molecule has 1 amide bonds. The molecule has 25 heavy (non-hydrogen) atoms. The van der Waals surface area contributed by atoms with Gasteiger partial charge in [-0.3, -0.25) is 9.79 Å². The number of aliphatic imine (C=N–C) groups is 1. The molecule has 0 radical (unpaired) electrons. The summed E-state index contributed by atoms with van der Waals surface area (Å²) in [6.07, 6.45) is 12.8. The molecule has 128 valence electrons. The number of aryl methyl sites for hydroxylation is 1. The maximum atomic E-state index is 11.2. The number of anilines is 3. The summed E-state index contributed by atoms with van der Waals surface area (Å²) in [4.78, 5) is 19.4. The van der Waals surface area contributed by atoms with E-state index in [1.165, 1.54) is 6.92 Å². The Morgan fingerprint density at radius 3 is 3.08 bits per heavy atom. The number of carbonyl (C=O) groups excluding carboxylic acids is 1. The molecule has 0 atom stereocenters. The van der Waals surface area contributed by atoms with Gasteiger partial charge in [-0.2, -0.15) is 0 Å². The van der Waals surface area contributed by atoms with Crippen LogP contribution < -0.4 is 10.6 Å². The van der Waals surface area contributed by atoms with E-state index >= 15 is 0 Å². The van der Waals surface area contributed by atoms with E-state index in [-0.39, 0.29) is 5.91 Å². The second kappa shape index (κ2) is 9.08. The van der Waals surface area contributed by atoms with Crippen molar-refractivity contribution in [2.24, 2.45) is 4.99 Å². The number of benzene rings is 1. The van der Waals surface area contributed by atoms with Gasteiger partial charge >= 0.3 is 0 Å². The topological polar surface area (TPSA) is 79.5 Å². The Morgan fingerprint density at radius 1 is 1.48 bits per heavy atom. The Hall–Kier alpha value is -3.33. The Labute approximate surface area is 147 Å². The van der Waals surface area contributed by atoms with E-state index in [0.717, 1.165) is 17.0 Å². The van der Waals surface area contributed by atoms with Crippen LogP contribution in [-0.4, -0.2) is 23.7 Å². The van der Waals surface area contributed by atoms with Gasteiger partial charge in [0.1, 0.15) is 5.76 Å². The lowest BCUT2D eigenvalue weighted by Crippen LogP contribution is -2.06. The van der Waals surface area contributed by atoms with Gasteiger partial charge in [0.15, 0.2) is 0 Å². The van der Waals surface area contributed by atoms with Gasteiger partial charge in [-0.05, 0) is 30.7 Å². The van der Waals surface area contributed by atoms with E-state index in [9.17, 15) is 4.79 Å². The lowest BCUT2D eigenvalue weighted by molar-refractivity contribution is -0.114. The third-order valence-electron chi connectivity index (χ3n) is 3.18. The van der Waals surface area contributed by atoms with Crippen LogP contribution in [0.15, 0.2) is 46.0 Å².